The van der Waals surface area contributed by atoms with Crippen LogP contribution in [0.25, 0.3) is 88.5 Å². The van der Waals surface area contributed by atoms with E-state index in [4.69, 9.17) is 8.83 Å². The molecule has 4 aromatic heterocycles. The maximum Gasteiger partial charge on any atom is 0.153 e. The van der Waals surface area contributed by atoms with Crippen molar-refractivity contribution in [3.8, 4) is 44.5 Å². The summed E-state index contributed by atoms with van der Waals surface area (Å²) in [4.78, 5) is 8.86. The van der Waals surface area contributed by atoms with Crippen LogP contribution in [-0.2, 0) is 0 Å². The minimum Gasteiger partial charge on any atom is -0.456 e. The van der Waals surface area contributed by atoms with Gasteiger partial charge in [-0.3, -0.25) is 9.97 Å². The van der Waals surface area contributed by atoms with E-state index in [1.165, 1.54) is 22.3 Å². The molecule has 0 spiro atoms. The summed E-state index contributed by atoms with van der Waals surface area (Å²) < 4.78 is 12.0. The molecule has 0 amide bonds. The Bertz CT molecular complexity index is 2350. The van der Waals surface area contributed by atoms with Crippen molar-refractivity contribution in [2.45, 2.75) is 0 Å². The molecule has 0 saturated heterocycles. The van der Waals surface area contributed by atoms with E-state index in [9.17, 15) is 0 Å². The molecule has 4 heteroatoms. The van der Waals surface area contributed by atoms with E-state index in [0.717, 1.165) is 66.3 Å². The molecule has 0 aliphatic carbocycles. The predicted octanol–water partition coefficient (Wildman–Crippen LogP) is 10.9. The fourth-order valence-electron chi connectivity index (χ4n) is 6.21. The van der Waals surface area contributed by atoms with Crippen LogP contribution in [0.3, 0.4) is 0 Å². The van der Waals surface area contributed by atoms with Gasteiger partial charge < -0.3 is 8.83 Å². The van der Waals surface area contributed by atoms with E-state index >= 15 is 0 Å². The monoisotopic (exact) mass is 564 g/mol. The highest BCUT2D eigenvalue weighted by molar-refractivity contribution is 6.06. The van der Waals surface area contributed by atoms with Gasteiger partial charge in [-0.25, -0.2) is 0 Å². The lowest BCUT2D eigenvalue weighted by molar-refractivity contribution is 0.668. The standard InChI is InChI=1S/C40H24N2O2/c1-5-25(27-7-2-9-29(20-27)31-12-14-36-33(22-31)35-24-41-18-16-38(35)43-36)19-26(6-1)28-8-3-10-30(21-28)32-13-15-37-34(23-32)40-39(44-37)11-4-17-42-40/h1-24H. The highest BCUT2D eigenvalue weighted by Gasteiger charge is 2.12. The molecule has 44 heavy (non-hydrogen) atoms. The van der Waals surface area contributed by atoms with Crippen LogP contribution in [0.2, 0.25) is 0 Å². The van der Waals surface area contributed by atoms with Gasteiger partial charge in [-0.05, 0) is 105 Å². The number of rotatable bonds is 4. The zero-order chi connectivity index (χ0) is 29.0. The lowest BCUT2D eigenvalue weighted by atomic mass is 9.94. The average Bonchev–Trinajstić information content (AvgIpc) is 3.66. The first-order valence-corrected chi connectivity index (χ1v) is 14.6. The highest BCUT2D eigenvalue weighted by Crippen LogP contribution is 2.36. The summed E-state index contributed by atoms with van der Waals surface area (Å²) >= 11 is 0. The fraction of sp³-hybridized carbons (Fsp3) is 0. The summed E-state index contributed by atoms with van der Waals surface area (Å²) in [5, 5.41) is 3.14. The Morgan fingerprint density at radius 3 is 1.48 bits per heavy atom. The second-order valence-corrected chi connectivity index (χ2v) is 11.1. The van der Waals surface area contributed by atoms with E-state index in [-0.39, 0.29) is 0 Å². The smallest absolute Gasteiger partial charge is 0.153 e. The van der Waals surface area contributed by atoms with Gasteiger partial charge in [0.2, 0.25) is 0 Å². The van der Waals surface area contributed by atoms with Gasteiger partial charge >= 0.3 is 0 Å². The summed E-state index contributed by atoms with van der Waals surface area (Å²) in [6.45, 7) is 0. The van der Waals surface area contributed by atoms with Gasteiger partial charge in [-0.1, -0.05) is 66.7 Å². The lowest BCUT2D eigenvalue weighted by Crippen LogP contribution is -1.85. The second-order valence-electron chi connectivity index (χ2n) is 11.1. The molecule has 0 aliphatic heterocycles. The van der Waals surface area contributed by atoms with Crippen molar-refractivity contribution in [2.24, 2.45) is 0 Å². The first-order chi connectivity index (χ1) is 21.8. The third-order valence-corrected chi connectivity index (χ3v) is 8.42. The van der Waals surface area contributed by atoms with Crippen LogP contribution < -0.4 is 0 Å². The van der Waals surface area contributed by atoms with Crippen LogP contribution in [0, 0.1) is 0 Å². The third kappa shape index (κ3) is 4.08. The molecule has 0 radical (unpaired) electrons. The van der Waals surface area contributed by atoms with Crippen molar-refractivity contribution < 1.29 is 8.83 Å². The van der Waals surface area contributed by atoms with Crippen LogP contribution >= 0.6 is 0 Å². The van der Waals surface area contributed by atoms with Gasteiger partial charge in [0.25, 0.3) is 0 Å². The molecule has 9 aromatic rings. The maximum absolute atomic E-state index is 6.01. The Labute approximate surface area is 252 Å². The number of hydrogen-bond acceptors (Lipinski definition) is 4. The molecular weight excluding hydrogens is 540 g/mol. The van der Waals surface area contributed by atoms with Crippen LogP contribution in [0.1, 0.15) is 0 Å². The maximum atomic E-state index is 6.01. The van der Waals surface area contributed by atoms with Crippen molar-refractivity contribution in [1.29, 1.82) is 0 Å². The summed E-state index contributed by atoms with van der Waals surface area (Å²) in [6, 6.07) is 44.7. The molecule has 0 aliphatic rings. The van der Waals surface area contributed by atoms with Crippen molar-refractivity contribution in [3.05, 3.63) is 146 Å². The van der Waals surface area contributed by atoms with Crippen LogP contribution in [0.4, 0.5) is 0 Å². The Balaban J connectivity index is 1.07. The summed E-state index contributed by atoms with van der Waals surface area (Å²) in [5.74, 6) is 0. The minimum atomic E-state index is 0.808. The molecule has 206 valence electrons. The molecule has 4 nitrogen and oxygen atoms in total. The molecule has 0 saturated carbocycles. The molecular formula is C40H24N2O2. The molecule has 9 rings (SSSR count). The molecule has 0 N–H and O–H groups in total. The van der Waals surface area contributed by atoms with Crippen LogP contribution in [-0.4, -0.2) is 9.97 Å². The van der Waals surface area contributed by atoms with E-state index in [0.29, 0.717) is 0 Å². The van der Waals surface area contributed by atoms with Crippen molar-refractivity contribution >= 4 is 44.0 Å². The molecule has 0 atom stereocenters. The number of benzene rings is 5. The Morgan fingerprint density at radius 2 is 0.864 bits per heavy atom. The number of furan rings is 2. The number of nitrogens with zero attached hydrogens (tertiary/aromatic N) is 2. The van der Waals surface area contributed by atoms with Gasteiger partial charge in [0.15, 0.2) is 5.58 Å². The number of pyridine rings is 2. The average molecular weight is 565 g/mol. The number of aromatic nitrogens is 2. The first kappa shape index (κ1) is 24.6. The molecule has 5 aromatic carbocycles. The highest BCUT2D eigenvalue weighted by atomic mass is 16.3. The third-order valence-electron chi connectivity index (χ3n) is 8.42. The second kappa shape index (κ2) is 9.79. The molecule has 4 heterocycles. The Hall–Kier alpha value is -6.00. The van der Waals surface area contributed by atoms with E-state index in [1.54, 1.807) is 6.20 Å². The van der Waals surface area contributed by atoms with Gasteiger partial charge in [0, 0.05) is 34.7 Å². The normalized spacial score (nSPS) is 11.6. The van der Waals surface area contributed by atoms with Gasteiger partial charge in [0.05, 0.1) is 0 Å². The van der Waals surface area contributed by atoms with E-state index in [2.05, 4.69) is 107 Å². The first-order valence-electron chi connectivity index (χ1n) is 14.6. The largest absolute Gasteiger partial charge is 0.456 e. The van der Waals surface area contributed by atoms with Crippen molar-refractivity contribution in [1.82, 2.24) is 9.97 Å². The Morgan fingerprint density at radius 1 is 0.364 bits per heavy atom. The van der Waals surface area contributed by atoms with E-state index in [1.807, 2.05) is 42.7 Å². The summed E-state index contributed by atoms with van der Waals surface area (Å²) in [5.41, 5.74) is 13.6. The Kier molecular flexibility index (Phi) is 5.47. The summed E-state index contributed by atoms with van der Waals surface area (Å²) in [7, 11) is 0. The van der Waals surface area contributed by atoms with Gasteiger partial charge in [0.1, 0.15) is 22.3 Å². The molecule has 0 fully saturated rings. The van der Waals surface area contributed by atoms with Crippen molar-refractivity contribution in [3.63, 3.8) is 0 Å². The minimum absolute atomic E-state index is 0.808. The van der Waals surface area contributed by atoms with Gasteiger partial charge in [-0.2, -0.15) is 0 Å². The lowest BCUT2D eigenvalue weighted by Gasteiger charge is -2.10. The number of fused-ring (bicyclic) bond motifs is 6. The fourth-order valence-corrected chi connectivity index (χ4v) is 6.21. The summed E-state index contributed by atoms with van der Waals surface area (Å²) in [6.07, 6.45) is 5.44. The zero-order valence-electron chi connectivity index (χ0n) is 23.6. The van der Waals surface area contributed by atoms with Crippen LogP contribution in [0.5, 0.6) is 0 Å². The predicted molar refractivity (Wildman–Crippen MR) is 178 cm³/mol. The zero-order valence-corrected chi connectivity index (χ0v) is 23.6. The van der Waals surface area contributed by atoms with Crippen molar-refractivity contribution in [2.75, 3.05) is 0 Å². The topological polar surface area (TPSA) is 52.1 Å². The van der Waals surface area contributed by atoms with Gasteiger partial charge in [-0.15, -0.1) is 0 Å². The molecule has 0 unspecified atom stereocenters. The quantitative estimate of drug-likeness (QED) is 0.213. The number of hydrogen-bond donors (Lipinski definition) is 0. The van der Waals surface area contributed by atoms with E-state index < -0.39 is 0 Å². The molecule has 0 bridgehead atoms. The van der Waals surface area contributed by atoms with Crippen LogP contribution in [0.15, 0.2) is 155 Å². The SMILES string of the molecule is c1cc(-c2cccc(-c3ccc4oc5ccncc5c4c3)c2)cc(-c2cccc(-c3ccc4oc5cccnc5c4c3)c2)c1.